The summed E-state index contributed by atoms with van der Waals surface area (Å²) in [6.07, 6.45) is 3.94. The summed E-state index contributed by atoms with van der Waals surface area (Å²) in [6, 6.07) is 0.971. The van der Waals surface area contributed by atoms with Gasteiger partial charge < -0.3 is 5.11 Å². The molecular formula is C15H29NO2. The van der Waals surface area contributed by atoms with Gasteiger partial charge in [-0.15, -0.1) is 0 Å². The number of rotatable bonds is 5. The van der Waals surface area contributed by atoms with Gasteiger partial charge in [0.25, 0.3) is 0 Å². The molecule has 3 heteroatoms. The van der Waals surface area contributed by atoms with Crippen LogP contribution in [0.4, 0.5) is 0 Å². The lowest BCUT2D eigenvalue weighted by Crippen LogP contribution is -2.47. The first-order valence-corrected chi connectivity index (χ1v) is 7.19. The summed E-state index contributed by atoms with van der Waals surface area (Å²) in [7, 11) is 0. The molecule has 0 heterocycles. The van der Waals surface area contributed by atoms with Crippen LogP contribution in [-0.4, -0.2) is 34.6 Å². The van der Waals surface area contributed by atoms with Gasteiger partial charge in [-0.3, -0.25) is 9.69 Å². The van der Waals surface area contributed by atoms with Gasteiger partial charge in [0, 0.05) is 18.6 Å². The molecule has 0 saturated heterocycles. The van der Waals surface area contributed by atoms with Crippen molar-refractivity contribution in [3.8, 4) is 0 Å². The van der Waals surface area contributed by atoms with E-state index in [4.69, 9.17) is 5.11 Å². The predicted molar refractivity (Wildman–Crippen MR) is 74.7 cm³/mol. The number of hydrogen-bond donors (Lipinski definition) is 1. The highest BCUT2D eigenvalue weighted by Gasteiger charge is 2.35. The van der Waals surface area contributed by atoms with Crippen molar-refractivity contribution in [1.82, 2.24) is 4.90 Å². The van der Waals surface area contributed by atoms with Crippen molar-refractivity contribution < 1.29 is 9.90 Å². The molecule has 0 aliphatic heterocycles. The Hall–Kier alpha value is -0.570. The van der Waals surface area contributed by atoms with Gasteiger partial charge in [-0.1, -0.05) is 20.8 Å². The van der Waals surface area contributed by atoms with Crippen LogP contribution in [-0.2, 0) is 4.79 Å². The molecule has 0 amide bonds. The van der Waals surface area contributed by atoms with Gasteiger partial charge in [-0.05, 0) is 44.4 Å². The van der Waals surface area contributed by atoms with Crippen molar-refractivity contribution in [3.63, 3.8) is 0 Å². The highest BCUT2D eigenvalue weighted by atomic mass is 16.4. The molecule has 2 unspecified atom stereocenters. The van der Waals surface area contributed by atoms with E-state index < -0.39 is 5.97 Å². The van der Waals surface area contributed by atoms with Gasteiger partial charge in [0.1, 0.15) is 0 Å². The third-order valence-corrected chi connectivity index (χ3v) is 4.08. The van der Waals surface area contributed by atoms with E-state index in [1.165, 1.54) is 19.3 Å². The second kappa shape index (κ2) is 6.05. The highest BCUT2D eigenvalue weighted by molar-refractivity contribution is 5.66. The summed E-state index contributed by atoms with van der Waals surface area (Å²) in [6.45, 7) is 12.0. The zero-order valence-corrected chi connectivity index (χ0v) is 12.6. The van der Waals surface area contributed by atoms with Crippen LogP contribution in [0.3, 0.4) is 0 Å². The average Bonchev–Trinajstić information content (AvgIpc) is 2.12. The predicted octanol–water partition coefficient (Wildman–Crippen LogP) is 3.39. The van der Waals surface area contributed by atoms with Crippen LogP contribution in [0.5, 0.6) is 0 Å². The Bertz CT molecular complexity index is 286. The average molecular weight is 255 g/mol. The summed E-state index contributed by atoms with van der Waals surface area (Å²) in [5.74, 6) is 0.0496. The van der Waals surface area contributed by atoms with Crippen LogP contribution in [0.15, 0.2) is 0 Å². The van der Waals surface area contributed by atoms with E-state index >= 15 is 0 Å². The van der Waals surface area contributed by atoms with Crippen molar-refractivity contribution in [2.75, 3.05) is 6.54 Å². The Morgan fingerprint density at radius 3 is 2.44 bits per heavy atom. The van der Waals surface area contributed by atoms with Crippen molar-refractivity contribution in [1.29, 1.82) is 0 Å². The minimum atomic E-state index is -0.691. The fourth-order valence-electron chi connectivity index (χ4n) is 3.64. The zero-order valence-electron chi connectivity index (χ0n) is 12.6. The molecule has 0 aromatic carbocycles. The van der Waals surface area contributed by atoms with E-state index in [2.05, 4.69) is 39.5 Å². The summed E-state index contributed by atoms with van der Waals surface area (Å²) in [4.78, 5) is 13.2. The number of carboxylic acid groups (broad SMARTS) is 1. The maximum Gasteiger partial charge on any atom is 0.304 e. The number of aliphatic carboxylic acids is 1. The molecule has 0 spiro atoms. The largest absolute Gasteiger partial charge is 0.481 e. The summed E-state index contributed by atoms with van der Waals surface area (Å²) in [5, 5.41) is 8.87. The van der Waals surface area contributed by atoms with E-state index in [-0.39, 0.29) is 6.42 Å². The molecule has 0 bridgehead atoms. The molecule has 0 aromatic rings. The number of nitrogens with zero attached hydrogens (tertiary/aromatic N) is 1. The lowest BCUT2D eigenvalue weighted by Gasteiger charge is -2.45. The number of carbonyl (C=O) groups is 1. The Balaban J connectivity index is 2.69. The minimum Gasteiger partial charge on any atom is -0.481 e. The lowest BCUT2D eigenvalue weighted by molar-refractivity contribution is -0.137. The molecule has 1 N–H and O–H groups in total. The fraction of sp³-hybridized carbons (Fsp3) is 0.933. The van der Waals surface area contributed by atoms with Gasteiger partial charge in [0.2, 0.25) is 0 Å². The van der Waals surface area contributed by atoms with E-state index in [1.54, 1.807) is 0 Å². The lowest BCUT2D eigenvalue weighted by atomic mass is 9.70. The quantitative estimate of drug-likeness (QED) is 0.818. The van der Waals surface area contributed by atoms with Gasteiger partial charge in [0.15, 0.2) is 0 Å². The first-order valence-electron chi connectivity index (χ1n) is 7.19. The van der Waals surface area contributed by atoms with Crippen LogP contribution < -0.4 is 0 Å². The molecule has 1 aliphatic carbocycles. The SMILES string of the molecule is CC1CC(N(CCC(=O)O)C(C)C)CC(C)(C)C1. The molecule has 0 radical (unpaired) electrons. The van der Waals surface area contributed by atoms with Crippen LogP contribution in [0.1, 0.15) is 60.3 Å². The first-order chi connectivity index (χ1) is 8.21. The van der Waals surface area contributed by atoms with Crippen LogP contribution >= 0.6 is 0 Å². The zero-order chi connectivity index (χ0) is 13.9. The summed E-state index contributed by atoms with van der Waals surface area (Å²) < 4.78 is 0. The molecule has 18 heavy (non-hydrogen) atoms. The van der Waals surface area contributed by atoms with Crippen molar-refractivity contribution in [2.45, 2.75) is 72.4 Å². The summed E-state index contributed by atoms with van der Waals surface area (Å²) >= 11 is 0. The van der Waals surface area contributed by atoms with Crippen molar-refractivity contribution in [3.05, 3.63) is 0 Å². The molecule has 1 fully saturated rings. The standard InChI is InChI=1S/C15H29NO2/c1-11(2)16(7-6-14(17)18)13-8-12(3)9-15(4,5)10-13/h11-13H,6-10H2,1-5H3,(H,17,18). The van der Waals surface area contributed by atoms with E-state index in [1.807, 2.05) is 0 Å². The van der Waals surface area contributed by atoms with Gasteiger partial charge in [0.05, 0.1) is 6.42 Å². The molecule has 2 atom stereocenters. The highest BCUT2D eigenvalue weighted by Crippen LogP contribution is 2.40. The molecule has 3 nitrogen and oxygen atoms in total. The maximum atomic E-state index is 10.8. The molecule has 1 saturated carbocycles. The van der Waals surface area contributed by atoms with E-state index in [0.717, 1.165) is 5.92 Å². The third-order valence-electron chi connectivity index (χ3n) is 4.08. The second-order valence-electron chi connectivity index (χ2n) is 7.04. The Morgan fingerprint density at radius 2 is 2.00 bits per heavy atom. The molecule has 0 aromatic heterocycles. The van der Waals surface area contributed by atoms with E-state index in [9.17, 15) is 4.79 Å². The minimum absolute atomic E-state index is 0.253. The van der Waals surface area contributed by atoms with Crippen LogP contribution in [0.25, 0.3) is 0 Å². The fourth-order valence-corrected chi connectivity index (χ4v) is 3.64. The molecule has 1 aliphatic rings. The van der Waals surface area contributed by atoms with Crippen molar-refractivity contribution in [2.24, 2.45) is 11.3 Å². The number of carboxylic acids is 1. The van der Waals surface area contributed by atoms with Gasteiger partial charge in [-0.2, -0.15) is 0 Å². The molecule has 106 valence electrons. The molecule has 1 rings (SSSR count). The van der Waals surface area contributed by atoms with Crippen molar-refractivity contribution >= 4 is 5.97 Å². The molecular weight excluding hydrogens is 226 g/mol. The normalized spacial score (nSPS) is 27.7. The van der Waals surface area contributed by atoms with Gasteiger partial charge in [-0.25, -0.2) is 0 Å². The monoisotopic (exact) mass is 255 g/mol. The topological polar surface area (TPSA) is 40.5 Å². The van der Waals surface area contributed by atoms with Crippen LogP contribution in [0, 0.1) is 11.3 Å². The Kier molecular flexibility index (Phi) is 5.20. The Morgan fingerprint density at radius 1 is 1.39 bits per heavy atom. The van der Waals surface area contributed by atoms with Crippen LogP contribution in [0.2, 0.25) is 0 Å². The smallest absolute Gasteiger partial charge is 0.304 e. The number of hydrogen-bond acceptors (Lipinski definition) is 2. The van der Waals surface area contributed by atoms with Gasteiger partial charge >= 0.3 is 5.97 Å². The first kappa shape index (κ1) is 15.5. The Labute approximate surface area is 112 Å². The second-order valence-corrected chi connectivity index (χ2v) is 7.04. The van der Waals surface area contributed by atoms with E-state index in [0.29, 0.717) is 24.0 Å². The maximum absolute atomic E-state index is 10.8. The third kappa shape index (κ3) is 4.60. The summed E-state index contributed by atoms with van der Waals surface area (Å²) in [5.41, 5.74) is 0.388.